The first-order valence-corrected chi connectivity index (χ1v) is 15.9. The van der Waals surface area contributed by atoms with Crippen LogP contribution in [0.5, 0.6) is 5.75 Å². The zero-order chi connectivity index (χ0) is 34.1. The topological polar surface area (TPSA) is 107 Å². The maximum Gasteiger partial charge on any atom is 0.425 e. The normalized spacial score (nSPS) is 17.8. The molecule has 2 fully saturated rings. The molecule has 3 heterocycles. The van der Waals surface area contributed by atoms with Crippen molar-refractivity contribution in [2.24, 2.45) is 0 Å². The molecule has 252 valence electrons. The summed E-state index contributed by atoms with van der Waals surface area (Å²) in [6.45, 7) is 11.3. The highest BCUT2D eigenvalue weighted by Gasteiger charge is 2.43. The first-order chi connectivity index (χ1) is 22.1. The number of amides is 2. The minimum absolute atomic E-state index is 0.0229. The van der Waals surface area contributed by atoms with Crippen molar-refractivity contribution in [1.82, 2.24) is 10.2 Å². The lowest BCUT2D eigenvalue weighted by atomic mass is 10.1. The molecule has 2 saturated heterocycles. The lowest BCUT2D eigenvalue weighted by Gasteiger charge is -2.44. The summed E-state index contributed by atoms with van der Waals surface area (Å²) in [6.07, 6.45) is -0.124. The summed E-state index contributed by atoms with van der Waals surface area (Å²) in [5.41, 5.74) is 0.609. The third kappa shape index (κ3) is 7.87. The molecular formula is C34H41ClFN5O6. The van der Waals surface area contributed by atoms with Gasteiger partial charge in [-0.1, -0.05) is 23.7 Å². The van der Waals surface area contributed by atoms with E-state index in [1.807, 2.05) is 18.2 Å². The molecule has 0 aliphatic carbocycles. The molecule has 13 heteroatoms. The number of para-hydroxylation sites is 1. The zero-order valence-corrected chi connectivity index (χ0v) is 28.5. The Labute approximate surface area is 279 Å². The molecule has 5 rings (SSSR count). The van der Waals surface area contributed by atoms with Gasteiger partial charge in [-0.2, -0.15) is 4.90 Å². The number of halogens is 2. The predicted molar refractivity (Wildman–Crippen MR) is 178 cm³/mol. The standard InChI is InChI=1S/C34H41ClFN5O6/c1-33(2,3)46-31(42)41(32(43)47-34(4,5)6)30-28(17-27(37-38-30)24-10-8-9-11-29(24)45-20-44-7)39-18-22-12-13-23(19-39)40(22)21-14-15-26(36)25(35)16-21/h8-11,14-17,22-23H,12-13,18-20H2,1-7H3. The Morgan fingerprint density at radius 2 is 1.55 bits per heavy atom. The van der Waals surface area contributed by atoms with Crippen LogP contribution in [0, 0.1) is 5.82 Å². The van der Waals surface area contributed by atoms with Crippen molar-refractivity contribution in [2.45, 2.75) is 77.7 Å². The minimum atomic E-state index is -0.943. The number of nitrogens with zero attached hydrogens (tertiary/aromatic N) is 5. The second kappa shape index (κ2) is 13.5. The number of anilines is 3. The van der Waals surface area contributed by atoms with Crippen LogP contribution in [0.1, 0.15) is 54.4 Å². The Balaban J connectivity index is 1.61. The number of piperazine rings is 1. The predicted octanol–water partition coefficient (Wildman–Crippen LogP) is 7.45. The number of carbonyl (C=O) groups is 2. The van der Waals surface area contributed by atoms with Crippen LogP contribution in [0.25, 0.3) is 11.3 Å². The van der Waals surface area contributed by atoms with E-state index in [2.05, 4.69) is 20.0 Å². The Bertz CT molecular complexity index is 1590. The molecule has 2 bridgehead atoms. The van der Waals surface area contributed by atoms with E-state index >= 15 is 0 Å². The van der Waals surface area contributed by atoms with Crippen LogP contribution < -0.4 is 19.4 Å². The van der Waals surface area contributed by atoms with Crippen molar-refractivity contribution in [2.75, 3.05) is 41.7 Å². The third-order valence-corrected chi connectivity index (χ3v) is 7.93. The molecule has 2 unspecified atom stereocenters. The van der Waals surface area contributed by atoms with Gasteiger partial charge in [0.15, 0.2) is 12.6 Å². The number of carbonyl (C=O) groups excluding carboxylic acids is 2. The van der Waals surface area contributed by atoms with E-state index in [0.717, 1.165) is 23.4 Å². The number of imide groups is 1. The highest BCUT2D eigenvalue weighted by Crippen LogP contribution is 2.41. The maximum absolute atomic E-state index is 14.0. The van der Waals surface area contributed by atoms with Crippen LogP contribution >= 0.6 is 11.6 Å². The van der Waals surface area contributed by atoms with Gasteiger partial charge >= 0.3 is 12.2 Å². The SMILES string of the molecule is COCOc1ccccc1-c1cc(N2CC3CCC(C2)N3c2ccc(F)c(Cl)c2)c(N(C(=O)OC(C)(C)C)C(=O)OC(C)(C)C)nn1. The number of methoxy groups -OCH3 is 1. The number of benzene rings is 2. The van der Waals surface area contributed by atoms with Crippen LogP contribution in [0.4, 0.5) is 31.2 Å². The Kier molecular flexibility index (Phi) is 9.83. The number of hydrogen-bond acceptors (Lipinski definition) is 10. The maximum atomic E-state index is 14.0. The van der Waals surface area contributed by atoms with E-state index in [1.54, 1.807) is 65.8 Å². The summed E-state index contributed by atoms with van der Waals surface area (Å²) in [7, 11) is 1.53. The molecule has 0 spiro atoms. The molecule has 0 N–H and O–H groups in total. The van der Waals surface area contributed by atoms with Gasteiger partial charge in [-0.15, -0.1) is 10.2 Å². The molecule has 2 aromatic carbocycles. The van der Waals surface area contributed by atoms with Crippen molar-refractivity contribution in [1.29, 1.82) is 0 Å². The molecule has 11 nitrogen and oxygen atoms in total. The summed E-state index contributed by atoms with van der Waals surface area (Å²) in [5.74, 6) is 0.0300. The van der Waals surface area contributed by atoms with Gasteiger partial charge in [-0.05, 0) is 90.8 Å². The van der Waals surface area contributed by atoms with Gasteiger partial charge in [0, 0.05) is 43.5 Å². The average Bonchev–Trinajstić information content (AvgIpc) is 3.24. The van der Waals surface area contributed by atoms with Crippen LogP contribution in [-0.2, 0) is 14.2 Å². The smallest absolute Gasteiger partial charge is 0.425 e. The first-order valence-electron chi connectivity index (χ1n) is 15.5. The molecule has 0 saturated carbocycles. The molecule has 2 aliphatic rings. The fourth-order valence-corrected chi connectivity index (χ4v) is 6.03. The van der Waals surface area contributed by atoms with Crippen LogP contribution in [0.3, 0.4) is 0 Å². The van der Waals surface area contributed by atoms with Crippen molar-refractivity contribution in [3.05, 3.63) is 59.4 Å². The van der Waals surface area contributed by atoms with Crippen molar-refractivity contribution in [3.8, 4) is 17.0 Å². The van der Waals surface area contributed by atoms with E-state index in [-0.39, 0.29) is 29.7 Å². The summed E-state index contributed by atoms with van der Waals surface area (Å²) < 4.78 is 36.3. The average molecular weight is 670 g/mol. The van der Waals surface area contributed by atoms with Crippen molar-refractivity contribution >= 4 is 41.0 Å². The van der Waals surface area contributed by atoms with Gasteiger partial charge in [0.1, 0.15) is 22.8 Å². The Hall–Kier alpha value is -4.16. The number of hydrogen-bond donors (Lipinski definition) is 0. The second-order valence-electron chi connectivity index (χ2n) is 13.6. The van der Waals surface area contributed by atoms with Crippen molar-refractivity contribution in [3.63, 3.8) is 0 Å². The van der Waals surface area contributed by atoms with Gasteiger partial charge < -0.3 is 28.7 Å². The fourth-order valence-electron chi connectivity index (χ4n) is 5.86. The molecule has 2 aliphatic heterocycles. The van der Waals surface area contributed by atoms with Gasteiger partial charge in [0.2, 0.25) is 0 Å². The molecule has 47 heavy (non-hydrogen) atoms. The number of fused-ring (bicyclic) bond motifs is 2. The summed E-state index contributed by atoms with van der Waals surface area (Å²) in [4.78, 5) is 32.6. The Morgan fingerprint density at radius 1 is 0.936 bits per heavy atom. The molecular weight excluding hydrogens is 629 g/mol. The van der Waals surface area contributed by atoms with E-state index in [1.165, 1.54) is 13.2 Å². The monoisotopic (exact) mass is 669 g/mol. The van der Waals surface area contributed by atoms with Crippen LogP contribution in [0.2, 0.25) is 5.02 Å². The number of ether oxygens (including phenoxy) is 4. The quantitative estimate of drug-likeness (QED) is 0.235. The van der Waals surface area contributed by atoms with Crippen LogP contribution in [0.15, 0.2) is 48.5 Å². The number of aromatic nitrogens is 2. The lowest BCUT2D eigenvalue weighted by Crippen LogP contribution is -2.54. The minimum Gasteiger partial charge on any atom is -0.467 e. The van der Waals surface area contributed by atoms with Gasteiger partial charge in [-0.3, -0.25) is 0 Å². The zero-order valence-electron chi connectivity index (χ0n) is 27.8. The summed E-state index contributed by atoms with van der Waals surface area (Å²) >= 11 is 6.16. The van der Waals surface area contributed by atoms with Crippen molar-refractivity contribution < 1.29 is 32.9 Å². The third-order valence-electron chi connectivity index (χ3n) is 7.64. The molecule has 1 aromatic heterocycles. The van der Waals surface area contributed by atoms with E-state index in [9.17, 15) is 14.0 Å². The van der Waals surface area contributed by atoms with Crippen LogP contribution in [-0.4, -0.2) is 72.7 Å². The summed E-state index contributed by atoms with van der Waals surface area (Å²) in [6, 6.07) is 14.0. The Morgan fingerprint density at radius 3 is 2.13 bits per heavy atom. The molecule has 2 atom stereocenters. The van der Waals surface area contributed by atoms with E-state index in [4.69, 9.17) is 30.5 Å². The van der Waals surface area contributed by atoms with E-state index < -0.39 is 29.2 Å². The number of rotatable bonds is 7. The molecule has 0 radical (unpaired) electrons. The second-order valence-corrected chi connectivity index (χ2v) is 14.0. The van der Waals surface area contributed by atoms with Gasteiger partial charge in [0.25, 0.3) is 0 Å². The summed E-state index contributed by atoms with van der Waals surface area (Å²) in [5, 5.41) is 9.03. The highest BCUT2D eigenvalue weighted by atomic mass is 35.5. The van der Waals surface area contributed by atoms with Gasteiger partial charge in [0.05, 0.1) is 16.4 Å². The first kappa shape index (κ1) is 34.2. The van der Waals surface area contributed by atoms with Gasteiger partial charge in [-0.25, -0.2) is 14.0 Å². The largest absolute Gasteiger partial charge is 0.467 e. The molecule has 3 aromatic rings. The molecule has 2 amide bonds. The highest BCUT2D eigenvalue weighted by molar-refractivity contribution is 6.31. The fraction of sp³-hybridized carbons (Fsp3) is 0.471. The van der Waals surface area contributed by atoms with E-state index in [0.29, 0.717) is 35.8 Å². The lowest BCUT2D eigenvalue weighted by molar-refractivity contribution is 0.0428.